The molecule has 0 atom stereocenters. The Labute approximate surface area is 112 Å². The van der Waals surface area contributed by atoms with Crippen molar-refractivity contribution in [3.05, 3.63) is 12.2 Å². The normalized spacial score (nSPS) is 11.2. The number of allylic oxidation sites excluding steroid dienone is 2. The fourth-order valence-electron chi connectivity index (χ4n) is 2.11. The van der Waals surface area contributed by atoms with Crippen LogP contribution in [0, 0.1) is 0 Å². The number of aliphatic carboxylic acids is 1. The van der Waals surface area contributed by atoms with E-state index in [9.17, 15) is 9.90 Å². The zero-order valence-electron chi connectivity index (χ0n) is 12.0. The van der Waals surface area contributed by atoms with Gasteiger partial charge in [-0.05, 0) is 32.6 Å². The van der Waals surface area contributed by atoms with Gasteiger partial charge in [0.25, 0.3) is 0 Å². The molecule has 0 spiro atoms. The van der Waals surface area contributed by atoms with E-state index in [1.165, 1.54) is 57.8 Å². The molecule has 0 aliphatic heterocycles. The lowest BCUT2D eigenvalue weighted by atomic mass is 10.1. The number of carboxylic acid groups (broad SMARTS) is 1. The molecular formula is C16H29O2-. The van der Waals surface area contributed by atoms with E-state index in [0.717, 1.165) is 12.8 Å². The Morgan fingerprint density at radius 2 is 1.28 bits per heavy atom. The molecular weight excluding hydrogens is 224 g/mol. The zero-order valence-corrected chi connectivity index (χ0v) is 12.0. The lowest BCUT2D eigenvalue weighted by molar-refractivity contribution is -0.305. The summed E-state index contributed by atoms with van der Waals surface area (Å²) < 4.78 is 0. The molecule has 0 amide bonds. The summed E-state index contributed by atoms with van der Waals surface area (Å²) in [6, 6.07) is 0. The van der Waals surface area contributed by atoms with Gasteiger partial charge in [0, 0.05) is 5.97 Å². The Morgan fingerprint density at radius 1 is 0.833 bits per heavy atom. The maximum Gasteiger partial charge on any atom is 0.0414 e. The molecule has 0 aliphatic carbocycles. The molecule has 0 radical (unpaired) electrons. The number of hydrogen-bond donors (Lipinski definition) is 0. The quantitative estimate of drug-likeness (QED) is 0.368. The first-order chi connectivity index (χ1) is 8.77. The number of hydrogen-bond acceptors (Lipinski definition) is 2. The van der Waals surface area contributed by atoms with E-state index in [1.807, 2.05) is 0 Å². The Kier molecular flexibility index (Phi) is 13.6. The van der Waals surface area contributed by atoms with Crippen molar-refractivity contribution in [1.29, 1.82) is 0 Å². The third-order valence-corrected chi connectivity index (χ3v) is 3.24. The van der Waals surface area contributed by atoms with Crippen LogP contribution in [0.4, 0.5) is 0 Å². The van der Waals surface area contributed by atoms with Gasteiger partial charge >= 0.3 is 0 Å². The van der Waals surface area contributed by atoms with E-state index < -0.39 is 5.97 Å². The molecule has 0 rings (SSSR count). The van der Waals surface area contributed by atoms with E-state index in [-0.39, 0.29) is 6.42 Å². The van der Waals surface area contributed by atoms with Crippen LogP contribution in [0.5, 0.6) is 0 Å². The van der Waals surface area contributed by atoms with E-state index in [2.05, 4.69) is 19.1 Å². The highest BCUT2D eigenvalue weighted by Gasteiger charge is 1.93. The van der Waals surface area contributed by atoms with Crippen LogP contribution in [0.25, 0.3) is 0 Å². The highest BCUT2D eigenvalue weighted by Crippen LogP contribution is 2.11. The first-order valence-corrected chi connectivity index (χ1v) is 7.58. The van der Waals surface area contributed by atoms with E-state index in [0.29, 0.717) is 0 Å². The smallest absolute Gasteiger partial charge is 0.0414 e. The molecule has 0 aromatic carbocycles. The topological polar surface area (TPSA) is 40.1 Å². The number of carbonyl (C=O) groups excluding carboxylic acids is 1. The van der Waals surface area contributed by atoms with Crippen molar-refractivity contribution in [2.75, 3.05) is 0 Å². The lowest BCUT2D eigenvalue weighted by Gasteiger charge is -2.03. The van der Waals surface area contributed by atoms with Crippen LogP contribution in [0.3, 0.4) is 0 Å². The third-order valence-electron chi connectivity index (χ3n) is 3.24. The molecule has 0 saturated carbocycles. The van der Waals surface area contributed by atoms with E-state index in [4.69, 9.17) is 0 Å². The highest BCUT2D eigenvalue weighted by atomic mass is 16.4. The van der Waals surface area contributed by atoms with Crippen molar-refractivity contribution >= 4 is 5.97 Å². The monoisotopic (exact) mass is 253 g/mol. The second-order valence-corrected chi connectivity index (χ2v) is 5.02. The van der Waals surface area contributed by atoms with Gasteiger partial charge in [0.1, 0.15) is 0 Å². The van der Waals surface area contributed by atoms with Gasteiger partial charge in [0.05, 0.1) is 0 Å². The van der Waals surface area contributed by atoms with Gasteiger partial charge in [-0.1, -0.05) is 63.5 Å². The highest BCUT2D eigenvalue weighted by molar-refractivity contribution is 5.63. The van der Waals surface area contributed by atoms with E-state index in [1.54, 1.807) is 0 Å². The second-order valence-electron chi connectivity index (χ2n) is 5.02. The molecule has 0 fully saturated rings. The Balaban J connectivity index is 2.96. The summed E-state index contributed by atoms with van der Waals surface area (Å²) in [5, 5.41) is 10.2. The molecule has 0 aromatic rings. The van der Waals surface area contributed by atoms with Gasteiger partial charge in [-0.25, -0.2) is 0 Å². The summed E-state index contributed by atoms with van der Waals surface area (Å²) in [6.07, 6.45) is 18.1. The molecule has 18 heavy (non-hydrogen) atoms. The molecule has 2 heteroatoms. The predicted octanol–water partition coefficient (Wildman–Crippen LogP) is 3.99. The van der Waals surface area contributed by atoms with Crippen molar-refractivity contribution in [3.8, 4) is 0 Å². The third kappa shape index (κ3) is 15.2. The average molecular weight is 253 g/mol. The Morgan fingerprint density at radius 3 is 1.72 bits per heavy atom. The van der Waals surface area contributed by atoms with Gasteiger partial charge in [-0.15, -0.1) is 0 Å². The molecule has 0 heterocycles. The maximum atomic E-state index is 10.2. The minimum absolute atomic E-state index is 0.228. The number of carboxylic acids is 1. The van der Waals surface area contributed by atoms with Crippen molar-refractivity contribution in [2.24, 2.45) is 0 Å². The van der Waals surface area contributed by atoms with Crippen LogP contribution in [-0.4, -0.2) is 5.97 Å². The van der Waals surface area contributed by atoms with Crippen LogP contribution in [-0.2, 0) is 4.79 Å². The molecule has 0 N–H and O–H groups in total. The van der Waals surface area contributed by atoms with Gasteiger partial charge < -0.3 is 9.90 Å². The SMILES string of the molecule is C/C=C/CCCCCCCCCCCCC(=O)[O-]. The standard InChI is InChI=1S/C16H30O2/c1-2-3-4-5-6-7-8-9-10-11-12-13-14-15-16(17)18/h2-3H,4-15H2,1H3,(H,17,18)/p-1/b3-2+. The van der Waals surface area contributed by atoms with Crippen molar-refractivity contribution < 1.29 is 9.90 Å². The maximum absolute atomic E-state index is 10.2. The molecule has 0 unspecified atom stereocenters. The summed E-state index contributed by atoms with van der Waals surface area (Å²) in [5.41, 5.74) is 0. The van der Waals surface area contributed by atoms with E-state index >= 15 is 0 Å². The minimum Gasteiger partial charge on any atom is -0.550 e. The van der Waals surface area contributed by atoms with Gasteiger partial charge in [0.2, 0.25) is 0 Å². The lowest BCUT2D eigenvalue weighted by Crippen LogP contribution is -2.21. The Bertz CT molecular complexity index is 209. The largest absolute Gasteiger partial charge is 0.550 e. The molecule has 0 saturated heterocycles. The minimum atomic E-state index is -0.909. The average Bonchev–Trinajstić information content (AvgIpc) is 2.34. The fraction of sp³-hybridized carbons (Fsp3) is 0.812. The number of carbonyl (C=O) groups is 1. The first-order valence-electron chi connectivity index (χ1n) is 7.58. The molecule has 2 nitrogen and oxygen atoms in total. The van der Waals surface area contributed by atoms with Crippen LogP contribution in [0.15, 0.2) is 12.2 Å². The number of unbranched alkanes of at least 4 members (excludes halogenated alkanes) is 10. The first kappa shape index (κ1) is 17.2. The second kappa shape index (κ2) is 14.3. The fourth-order valence-corrected chi connectivity index (χ4v) is 2.11. The van der Waals surface area contributed by atoms with Crippen LogP contribution in [0.1, 0.15) is 84.0 Å². The molecule has 106 valence electrons. The van der Waals surface area contributed by atoms with Crippen molar-refractivity contribution in [3.63, 3.8) is 0 Å². The van der Waals surface area contributed by atoms with Crippen LogP contribution in [0.2, 0.25) is 0 Å². The molecule has 0 bridgehead atoms. The zero-order chi connectivity index (χ0) is 13.5. The summed E-state index contributed by atoms with van der Waals surface area (Å²) in [4.78, 5) is 10.2. The van der Waals surface area contributed by atoms with Crippen molar-refractivity contribution in [1.82, 2.24) is 0 Å². The molecule has 0 aliphatic rings. The predicted molar refractivity (Wildman–Crippen MR) is 75.2 cm³/mol. The summed E-state index contributed by atoms with van der Waals surface area (Å²) >= 11 is 0. The van der Waals surface area contributed by atoms with Crippen molar-refractivity contribution in [2.45, 2.75) is 84.0 Å². The van der Waals surface area contributed by atoms with Gasteiger partial charge in [0.15, 0.2) is 0 Å². The summed E-state index contributed by atoms with van der Waals surface area (Å²) in [5.74, 6) is -0.909. The summed E-state index contributed by atoms with van der Waals surface area (Å²) in [7, 11) is 0. The molecule has 0 aromatic heterocycles. The number of rotatable bonds is 13. The van der Waals surface area contributed by atoms with Crippen LogP contribution < -0.4 is 5.11 Å². The Hall–Kier alpha value is -0.790. The summed E-state index contributed by atoms with van der Waals surface area (Å²) in [6.45, 7) is 2.08. The van der Waals surface area contributed by atoms with Gasteiger partial charge in [-0.2, -0.15) is 0 Å². The van der Waals surface area contributed by atoms with Crippen LogP contribution >= 0.6 is 0 Å². The van der Waals surface area contributed by atoms with Gasteiger partial charge in [-0.3, -0.25) is 0 Å².